The molecule has 0 amide bonds. The number of fused-ring (bicyclic) bond motifs is 1. The van der Waals surface area contributed by atoms with E-state index < -0.39 is 19.5 Å². The highest BCUT2D eigenvalue weighted by Crippen LogP contribution is 2.44. The second-order valence-corrected chi connectivity index (χ2v) is 11.4. The summed E-state index contributed by atoms with van der Waals surface area (Å²) in [6, 6.07) is 6.60. The van der Waals surface area contributed by atoms with Crippen LogP contribution in [0.3, 0.4) is 0 Å². The number of hydrogen-bond acceptors (Lipinski definition) is 9. The van der Waals surface area contributed by atoms with Gasteiger partial charge in [0, 0.05) is 4.47 Å². The topological polar surface area (TPSA) is 143 Å². The third kappa shape index (κ3) is 7.81. The molecule has 13 heteroatoms. The summed E-state index contributed by atoms with van der Waals surface area (Å²) in [5, 5.41) is 2.80. The van der Waals surface area contributed by atoms with Gasteiger partial charge < -0.3 is 24.3 Å². The van der Waals surface area contributed by atoms with Crippen molar-refractivity contribution in [2.75, 3.05) is 12.1 Å². The number of benzene rings is 1. The zero-order chi connectivity index (χ0) is 25.6. The number of ether oxygens (including phenoxy) is 2. The molecule has 0 aliphatic carbocycles. The molecule has 0 saturated heterocycles. The summed E-state index contributed by atoms with van der Waals surface area (Å²) in [6.07, 6.45) is 2.03. The SMILES string of the molecule is CC(C)OC(=O)[C@H](C)NP(=O)(CO[C@H](C)Cn1cnc2c(N)ncnc21)OCc1cccc(Br)c1. The summed E-state index contributed by atoms with van der Waals surface area (Å²) in [4.78, 5) is 24.7. The molecular formula is C22H30BrN6O5P. The zero-order valence-corrected chi connectivity index (χ0v) is 22.5. The predicted molar refractivity (Wildman–Crippen MR) is 136 cm³/mol. The Morgan fingerprint density at radius 2 is 2.00 bits per heavy atom. The van der Waals surface area contributed by atoms with E-state index >= 15 is 0 Å². The lowest BCUT2D eigenvalue weighted by molar-refractivity contribution is -0.149. The summed E-state index contributed by atoms with van der Waals surface area (Å²) in [7, 11) is -3.61. The average Bonchev–Trinajstić information content (AvgIpc) is 3.20. The van der Waals surface area contributed by atoms with Gasteiger partial charge in [-0.15, -0.1) is 0 Å². The van der Waals surface area contributed by atoms with Gasteiger partial charge in [-0.05, 0) is 45.4 Å². The number of halogens is 1. The van der Waals surface area contributed by atoms with Gasteiger partial charge in [-0.3, -0.25) is 9.36 Å². The first kappa shape index (κ1) is 27.2. The summed E-state index contributed by atoms with van der Waals surface area (Å²) < 4.78 is 33.3. The third-order valence-corrected chi connectivity index (χ3v) is 7.15. The number of aromatic nitrogens is 4. The molecule has 2 aromatic heterocycles. The van der Waals surface area contributed by atoms with E-state index in [9.17, 15) is 9.36 Å². The van der Waals surface area contributed by atoms with Crippen LogP contribution in [0.5, 0.6) is 0 Å². The summed E-state index contributed by atoms with van der Waals surface area (Å²) in [5.74, 6) is -0.235. The highest BCUT2D eigenvalue weighted by Gasteiger charge is 2.31. The molecule has 3 atom stereocenters. The molecule has 0 saturated carbocycles. The van der Waals surface area contributed by atoms with E-state index in [0.29, 0.717) is 23.5 Å². The Labute approximate surface area is 212 Å². The molecule has 3 aromatic rings. The quantitative estimate of drug-likeness (QED) is 0.244. The van der Waals surface area contributed by atoms with Gasteiger partial charge in [-0.2, -0.15) is 0 Å². The second kappa shape index (κ2) is 12.0. The Kier molecular flexibility index (Phi) is 9.37. The largest absolute Gasteiger partial charge is 0.462 e. The van der Waals surface area contributed by atoms with Gasteiger partial charge in [0.25, 0.3) is 7.52 Å². The van der Waals surface area contributed by atoms with Gasteiger partial charge in [-0.1, -0.05) is 28.1 Å². The molecule has 1 aromatic carbocycles. The zero-order valence-electron chi connectivity index (χ0n) is 20.1. The van der Waals surface area contributed by atoms with Crippen LogP contribution in [0.25, 0.3) is 11.2 Å². The van der Waals surface area contributed by atoms with Crippen molar-refractivity contribution >= 4 is 46.4 Å². The molecule has 1 unspecified atom stereocenters. The van der Waals surface area contributed by atoms with Crippen molar-refractivity contribution in [3.8, 4) is 0 Å². The van der Waals surface area contributed by atoms with Gasteiger partial charge in [0.1, 0.15) is 24.2 Å². The fourth-order valence-corrected chi connectivity index (χ4v) is 5.36. The average molecular weight is 569 g/mol. The van der Waals surface area contributed by atoms with Crippen molar-refractivity contribution in [3.05, 3.63) is 47.0 Å². The van der Waals surface area contributed by atoms with Crippen molar-refractivity contribution in [2.24, 2.45) is 0 Å². The normalized spacial score (nSPS) is 15.1. The van der Waals surface area contributed by atoms with Crippen molar-refractivity contribution in [3.63, 3.8) is 0 Å². The molecule has 3 rings (SSSR count). The van der Waals surface area contributed by atoms with Crippen LogP contribution >= 0.6 is 23.4 Å². The molecule has 0 fully saturated rings. The third-order valence-electron chi connectivity index (χ3n) is 4.84. The van der Waals surface area contributed by atoms with Crippen LogP contribution in [0.2, 0.25) is 0 Å². The van der Waals surface area contributed by atoms with Crippen molar-refractivity contribution < 1.29 is 23.4 Å². The van der Waals surface area contributed by atoms with Crippen molar-refractivity contribution in [1.82, 2.24) is 24.6 Å². The van der Waals surface area contributed by atoms with Crippen LogP contribution in [-0.2, 0) is 36.5 Å². The Morgan fingerprint density at radius 3 is 2.71 bits per heavy atom. The van der Waals surface area contributed by atoms with Crippen LogP contribution in [0, 0.1) is 0 Å². The van der Waals surface area contributed by atoms with Gasteiger partial charge in [0.15, 0.2) is 11.5 Å². The summed E-state index contributed by atoms with van der Waals surface area (Å²) in [5.41, 5.74) is 7.74. The number of esters is 1. The van der Waals surface area contributed by atoms with Gasteiger partial charge in [0.2, 0.25) is 0 Å². The highest BCUT2D eigenvalue weighted by atomic mass is 79.9. The Morgan fingerprint density at radius 1 is 1.23 bits per heavy atom. The standard InChI is InChI=1S/C22H30BrN6O5P/c1-14(2)34-22(30)16(4)28-35(31,33-10-17-6-5-7-18(23)8-17)13-32-15(3)9-29-12-27-19-20(24)25-11-26-21(19)29/h5-8,11-12,14-16H,9-10,13H2,1-4H3,(H,28,31)(H2,24,25,26)/t15-,16+,35?/m1/s1. The van der Waals surface area contributed by atoms with Crippen molar-refractivity contribution in [1.29, 1.82) is 0 Å². The summed E-state index contributed by atoms with van der Waals surface area (Å²) in [6.45, 7) is 7.34. The molecule has 0 radical (unpaired) electrons. The predicted octanol–water partition coefficient (Wildman–Crippen LogP) is 3.87. The van der Waals surface area contributed by atoms with E-state index in [-0.39, 0.29) is 25.2 Å². The molecule has 0 bridgehead atoms. The smallest absolute Gasteiger partial charge is 0.323 e. The summed E-state index contributed by atoms with van der Waals surface area (Å²) >= 11 is 3.41. The second-order valence-electron chi connectivity index (χ2n) is 8.35. The van der Waals surface area contributed by atoms with Crippen LogP contribution in [0.1, 0.15) is 33.3 Å². The molecule has 0 spiro atoms. The number of nitrogens with zero attached hydrogens (tertiary/aromatic N) is 4. The van der Waals surface area contributed by atoms with E-state index in [4.69, 9.17) is 19.7 Å². The molecule has 35 heavy (non-hydrogen) atoms. The number of carbonyl (C=O) groups is 1. The van der Waals surface area contributed by atoms with Crippen LogP contribution in [0.4, 0.5) is 5.82 Å². The van der Waals surface area contributed by atoms with Crippen LogP contribution in [-0.4, -0.2) is 50.1 Å². The molecule has 3 N–H and O–H groups in total. The van der Waals surface area contributed by atoms with Gasteiger partial charge in [0.05, 0.1) is 31.7 Å². The van der Waals surface area contributed by atoms with Crippen LogP contribution < -0.4 is 10.8 Å². The fraction of sp³-hybridized carbons (Fsp3) is 0.455. The number of carbonyl (C=O) groups excluding carboxylic acids is 1. The molecule has 0 aliphatic heterocycles. The van der Waals surface area contributed by atoms with E-state index in [1.807, 2.05) is 31.2 Å². The number of rotatable bonds is 12. The number of nitrogens with two attached hydrogens (primary N) is 1. The lowest BCUT2D eigenvalue weighted by Crippen LogP contribution is -2.36. The van der Waals surface area contributed by atoms with Crippen molar-refractivity contribution in [2.45, 2.75) is 59.1 Å². The minimum atomic E-state index is -3.61. The Hall–Kier alpha value is -2.37. The van der Waals surface area contributed by atoms with E-state index in [1.54, 1.807) is 31.7 Å². The maximum Gasteiger partial charge on any atom is 0.323 e. The van der Waals surface area contributed by atoms with E-state index in [2.05, 4.69) is 36.0 Å². The maximum atomic E-state index is 13.7. The number of anilines is 1. The highest BCUT2D eigenvalue weighted by molar-refractivity contribution is 9.10. The minimum Gasteiger partial charge on any atom is -0.462 e. The monoisotopic (exact) mass is 568 g/mol. The first-order chi connectivity index (χ1) is 16.6. The van der Waals surface area contributed by atoms with Crippen LogP contribution in [0.15, 0.2) is 41.4 Å². The van der Waals surface area contributed by atoms with Gasteiger partial charge >= 0.3 is 5.97 Å². The number of nitrogens with one attached hydrogen (secondary N) is 1. The lowest BCUT2D eigenvalue weighted by Gasteiger charge is -2.25. The van der Waals surface area contributed by atoms with E-state index in [1.165, 1.54) is 6.33 Å². The van der Waals surface area contributed by atoms with Gasteiger partial charge in [-0.25, -0.2) is 20.0 Å². The number of nitrogen functional groups attached to an aromatic ring is 1. The number of imidazole rings is 1. The first-order valence-electron chi connectivity index (χ1n) is 11.1. The maximum absolute atomic E-state index is 13.7. The molecular weight excluding hydrogens is 539 g/mol. The fourth-order valence-electron chi connectivity index (χ4n) is 3.19. The Balaban J connectivity index is 1.68. The molecule has 0 aliphatic rings. The molecule has 11 nitrogen and oxygen atoms in total. The number of hydrogen-bond donors (Lipinski definition) is 2. The first-order valence-corrected chi connectivity index (χ1v) is 13.7. The van der Waals surface area contributed by atoms with E-state index in [0.717, 1.165) is 10.0 Å². The molecule has 190 valence electrons. The lowest BCUT2D eigenvalue weighted by atomic mass is 10.2. The Bertz CT molecular complexity index is 1210. The molecule has 2 heterocycles. The minimum absolute atomic E-state index is 0.0652.